The molecule has 1 aliphatic heterocycles. The fourth-order valence-corrected chi connectivity index (χ4v) is 2.59. The first-order chi connectivity index (χ1) is 11.6. The molecule has 2 aromatic rings. The second kappa shape index (κ2) is 6.84. The summed E-state index contributed by atoms with van der Waals surface area (Å²) in [5.74, 6) is 1.75. The van der Waals surface area contributed by atoms with Crippen LogP contribution in [0.2, 0.25) is 5.02 Å². The van der Waals surface area contributed by atoms with Crippen molar-refractivity contribution < 1.29 is 23.9 Å². The summed E-state index contributed by atoms with van der Waals surface area (Å²) < 4.78 is 21.8. The topological polar surface area (TPSA) is 80.1 Å². The molecular formula is C16H14ClNO6. The molecule has 0 aromatic heterocycles. The number of nitro benzene ring substituents is 1. The molecule has 0 aliphatic carbocycles. The molecule has 1 aliphatic rings. The SMILES string of the molecule is COc1ccc([N+](=O)[O-])cc1OCc1cc(Cl)c2c(c1)OCCO2. The third kappa shape index (κ3) is 3.30. The molecule has 126 valence electrons. The number of methoxy groups -OCH3 is 1. The molecular weight excluding hydrogens is 338 g/mol. The number of hydrogen-bond acceptors (Lipinski definition) is 6. The molecule has 0 spiro atoms. The van der Waals surface area contributed by atoms with Gasteiger partial charge in [-0.05, 0) is 23.8 Å². The van der Waals surface area contributed by atoms with Crippen molar-refractivity contribution in [2.24, 2.45) is 0 Å². The normalized spacial score (nSPS) is 12.6. The number of ether oxygens (including phenoxy) is 4. The Labute approximate surface area is 142 Å². The summed E-state index contributed by atoms with van der Waals surface area (Å²) in [6.07, 6.45) is 0. The third-order valence-corrected chi connectivity index (χ3v) is 3.69. The fraction of sp³-hybridized carbons (Fsp3) is 0.250. The van der Waals surface area contributed by atoms with E-state index in [4.69, 9.17) is 30.5 Å². The smallest absolute Gasteiger partial charge is 0.273 e. The van der Waals surface area contributed by atoms with E-state index < -0.39 is 4.92 Å². The average Bonchev–Trinajstić information content (AvgIpc) is 2.59. The number of benzene rings is 2. The number of rotatable bonds is 5. The van der Waals surface area contributed by atoms with E-state index in [0.717, 1.165) is 5.56 Å². The second-order valence-corrected chi connectivity index (χ2v) is 5.39. The van der Waals surface area contributed by atoms with Gasteiger partial charge in [0.2, 0.25) is 0 Å². The van der Waals surface area contributed by atoms with Crippen molar-refractivity contribution in [2.45, 2.75) is 6.61 Å². The zero-order chi connectivity index (χ0) is 17.1. The van der Waals surface area contributed by atoms with Crippen LogP contribution in [-0.2, 0) is 6.61 Å². The Balaban J connectivity index is 1.82. The predicted molar refractivity (Wildman–Crippen MR) is 86.4 cm³/mol. The van der Waals surface area contributed by atoms with E-state index in [2.05, 4.69) is 0 Å². The molecule has 0 amide bonds. The summed E-state index contributed by atoms with van der Waals surface area (Å²) in [5.41, 5.74) is 0.670. The van der Waals surface area contributed by atoms with Gasteiger partial charge in [-0.25, -0.2) is 0 Å². The van der Waals surface area contributed by atoms with Crippen molar-refractivity contribution in [3.8, 4) is 23.0 Å². The summed E-state index contributed by atoms with van der Waals surface area (Å²) in [6.45, 7) is 1.05. The minimum absolute atomic E-state index is 0.0778. The van der Waals surface area contributed by atoms with Gasteiger partial charge in [0, 0.05) is 6.07 Å². The van der Waals surface area contributed by atoms with E-state index in [-0.39, 0.29) is 18.0 Å². The van der Waals surface area contributed by atoms with Crippen molar-refractivity contribution >= 4 is 17.3 Å². The van der Waals surface area contributed by atoms with Crippen LogP contribution in [0, 0.1) is 10.1 Å². The summed E-state index contributed by atoms with van der Waals surface area (Å²) in [7, 11) is 1.47. The number of fused-ring (bicyclic) bond motifs is 1. The predicted octanol–water partition coefficient (Wildman–Crippen LogP) is 3.61. The Morgan fingerprint density at radius 1 is 1.21 bits per heavy atom. The van der Waals surface area contributed by atoms with Gasteiger partial charge in [0.25, 0.3) is 5.69 Å². The van der Waals surface area contributed by atoms with Crippen LogP contribution in [0.1, 0.15) is 5.56 Å². The Bertz CT molecular complexity index is 779. The molecule has 7 nitrogen and oxygen atoms in total. The molecule has 24 heavy (non-hydrogen) atoms. The maximum atomic E-state index is 10.9. The molecule has 0 N–H and O–H groups in total. The summed E-state index contributed by atoms with van der Waals surface area (Å²) in [4.78, 5) is 10.4. The molecule has 0 atom stereocenters. The summed E-state index contributed by atoms with van der Waals surface area (Å²) in [6, 6.07) is 7.64. The van der Waals surface area contributed by atoms with E-state index in [1.807, 2.05) is 0 Å². The summed E-state index contributed by atoms with van der Waals surface area (Å²) >= 11 is 6.18. The van der Waals surface area contributed by atoms with Crippen molar-refractivity contribution in [1.82, 2.24) is 0 Å². The van der Waals surface area contributed by atoms with Crippen LogP contribution in [-0.4, -0.2) is 25.2 Å². The lowest BCUT2D eigenvalue weighted by molar-refractivity contribution is -0.385. The van der Waals surface area contributed by atoms with Gasteiger partial charge in [0.05, 0.1) is 23.1 Å². The lowest BCUT2D eigenvalue weighted by atomic mass is 10.2. The molecule has 0 saturated carbocycles. The van der Waals surface area contributed by atoms with Gasteiger partial charge in [0.15, 0.2) is 23.0 Å². The van der Waals surface area contributed by atoms with Gasteiger partial charge in [-0.2, -0.15) is 0 Å². The Kier molecular flexibility index (Phi) is 4.61. The van der Waals surface area contributed by atoms with E-state index >= 15 is 0 Å². The lowest BCUT2D eigenvalue weighted by Crippen LogP contribution is -2.16. The van der Waals surface area contributed by atoms with Crippen LogP contribution in [0.25, 0.3) is 0 Å². The first-order valence-electron chi connectivity index (χ1n) is 7.11. The van der Waals surface area contributed by atoms with Gasteiger partial charge in [-0.3, -0.25) is 10.1 Å². The Hall–Kier alpha value is -2.67. The molecule has 0 radical (unpaired) electrons. The number of nitrogens with zero attached hydrogens (tertiary/aromatic N) is 1. The number of non-ortho nitro benzene ring substituents is 1. The highest BCUT2D eigenvalue weighted by Crippen LogP contribution is 2.39. The minimum atomic E-state index is -0.493. The molecule has 3 rings (SSSR count). The van der Waals surface area contributed by atoms with Gasteiger partial charge in [-0.15, -0.1) is 0 Å². The molecule has 2 aromatic carbocycles. The van der Waals surface area contributed by atoms with E-state index in [1.165, 1.54) is 25.3 Å². The highest BCUT2D eigenvalue weighted by atomic mass is 35.5. The first-order valence-corrected chi connectivity index (χ1v) is 7.49. The quantitative estimate of drug-likeness (QED) is 0.604. The lowest BCUT2D eigenvalue weighted by Gasteiger charge is -2.20. The van der Waals surface area contributed by atoms with Crippen molar-refractivity contribution in [2.75, 3.05) is 20.3 Å². The number of hydrogen-bond donors (Lipinski definition) is 0. The zero-order valence-corrected chi connectivity index (χ0v) is 13.5. The van der Waals surface area contributed by atoms with Gasteiger partial charge in [-0.1, -0.05) is 11.6 Å². The number of nitro groups is 1. The van der Waals surface area contributed by atoms with Crippen LogP contribution >= 0.6 is 11.6 Å². The van der Waals surface area contributed by atoms with Gasteiger partial charge >= 0.3 is 0 Å². The standard InChI is InChI=1S/C16H14ClNO6/c1-21-13-3-2-11(18(19)20)8-14(13)24-9-10-6-12(17)16-15(7-10)22-4-5-23-16/h2-3,6-8H,4-5,9H2,1H3. The molecule has 1 heterocycles. The van der Waals surface area contributed by atoms with Crippen LogP contribution in [0.4, 0.5) is 5.69 Å². The largest absolute Gasteiger partial charge is 0.493 e. The van der Waals surface area contributed by atoms with Gasteiger partial charge in [0.1, 0.15) is 19.8 Å². The fourth-order valence-electron chi connectivity index (χ4n) is 2.30. The number of halogens is 1. The monoisotopic (exact) mass is 351 g/mol. The molecule has 0 saturated heterocycles. The van der Waals surface area contributed by atoms with Crippen LogP contribution in [0.3, 0.4) is 0 Å². The van der Waals surface area contributed by atoms with Crippen molar-refractivity contribution in [3.05, 3.63) is 51.0 Å². The molecule has 8 heteroatoms. The minimum Gasteiger partial charge on any atom is -0.493 e. The van der Waals surface area contributed by atoms with Crippen LogP contribution in [0.15, 0.2) is 30.3 Å². The zero-order valence-electron chi connectivity index (χ0n) is 12.8. The third-order valence-electron chi connectivity index (χ3n) is 3.41. The van der Waals surface area contributed by atoms with Crippen molar-refractivity contribution in [1.29, 1.82) is 0 Å². The molecule has 0 unspecified atom stereocenters. The first kappa shape index (κ1) is 16.2. The Morgan fingerprint density at radius 3 is 2.75 bits per heavy atom. The maximum absolute atomic E-state index is 10.9. The molecule has 0 bridgehead atoms. The highest BCUT2D eigenvalue weighted by Gasteiger charge is 2.18. The van der Waals surface area contributed by atoms with E-state index in [1.54, 1.807) is 12.1 Å². The van der Waals surface area contributed by atoms with Gasteiger partial charge < -0.3 is 18.9 Å². The van der Waals surface area contributed by atoms with E-state index in [0.29, 0.717) is 35.5 Å². The highest BCUT2D eigenvalue weighted by molar-refractivity contribution is 6.32. The van der Waals surface area contributed by atoms with E-state index in [9.17, 15) is 10.1 Å². The average molecular weight is 352 g/mol. The van der Waals surface area contributed by atoms with Crippen LogP contribution < -0.4 is 18.9 Å². The molecule has 0 fully saturated rings. The Morgan fingerprint density at radius 2 is 2.00 bits per heavy atom. The van der Waals surface area contributed by atoms with Crippen molar-refractivity contribution in [3.63, 3.8) is 0 Å². The second-order valence-electron chi connectivity index (χ2n) is 4.98. The van der Waals surface area contributed by atoms with Crippen LogP contribution in [0.5, 0.6) is 23.0 Å². The summed E-state index contributed by atoms with van der Waals surface area (Å²) in [5, 5.41) is 11.3. The maximum Gasteiger partial charge on any atom is 0.273 e.